The van der Waals surface area contributed by atoms with Gasteiger partial charge < -0.3 is 5.32 Å². The summed E-state index contributed by atoms with van der Waals surface area (Å²) in [4.78, 5) is 1.34. The van der Waals surface area contributed by atoms with E-state index in [1.807, 2.05) is 11.8 Å². The number of hydrogen-bond acceptors (Lipinski definition) is 2. The first-order valence-electron chi connectivity index (χ1n) is 7.69. The molecule has 1 N–H and O–H groups in total. The van der Waals surface area contributed by atoms with E-state index in [1.54, 1.807) is 0 Å². The highest BCUT2D eigenvalue weighted by Gasteiger charge is 2.13. The van der Waals surface area contributed by atoms with Crippen molar-refractivity contribution in [1.82, 2.24) is 5.32 Å². The van der Waals surface area contributed by atoms with Crippen molar-refractivity contribution in [3.8, 4) is 0 Å². The predicted molar refractivity (Wildman–Crippen MR) is 94.3 cm³/mol. The molecule has 0 aliphatic rings. The first-order valence-corrected chi connectivity index (χ1v) is 8.67. The number of nitrogens with one attached hydrogen (secondary N) is 1. The zero-order valence-corrected chi connectivity index (χ0v) is 14.3. The Morgan fingerprint density at radius 1 is 0.905 bits per heavy atom. The molecule has 1 unspecified atom stereocenters. The largest absolute Gasteiger partial charge is 0.307 e. The number of aryl methyl sites for hydroxylation is 2. The Hall–Kier alpha value is -1.25. The smallest absolute Gasteiger partial charge is 0.0576 e. The molecule has 0 bridgehead atoms. The van der Waals surface area contributed by atoms with Gasteiger partial charge in [0, 0.05) is 4.90 Å². The first kappa shape index (κ1) is 16.1. The topological polar surface area (TPSA) is 12.0 Å². The first-order chi connectivity index (χ1) is 10.2. The van der Waals surface area contributed by atoms with Crippen LogP contribution in [-0.2, 0) is 0 Å². The molecule has 0 radical (unpaired) electrons. The van der Waals surface area contributed by atoms with Gasteiger partial charge in [-0.2, -0.15) is 0 Å². The fourth-order valence-corrected chi connectivity index (χ4v) is 3.16. The second-order valence-corrected chi connectivity index (χ2v) is 6.67. The van der Waals surface area contributed by atoms with Crippen molar-refractivity contribution in [3.63, 3.8) is 0 Å². The summed E-state index contributed by atoms with van der Waals surface area (Å²) in [5.41, 5.74) is 5.38. The Kier molecular flexibility index (Phi) is 5.89. The van der Waals surface area contributed by atoms with E-state index in [0.29, 0.717) is 0 Å². The van der Waals surface area contributed by atoms with E-state index in [9.17, 15) is 0 Å². The molecule has 2 aromatic carbocycles. The minimum Gasteiger partial charge on any atom is -0.307 e. The summed E-state index contributed by atoms with van der Waals surface area (Å²) in [6, 6.07) is 16.0. The quantitative estimate of drug-likeness (QED) is 0.743. The van der Waals surface area contributed by atoms with Crippen LogP contribution in [0, 0.1) is 13.8 Å². The molecule has 2 rings (SSSR count). The van der Waals surface area contributed by atoms with E-state index in [-0.39, 0.29) is 6.04 Å². The Morgan fingerprint density at radius 2 is 1.57 bits per heavy atom. The Balaban J connectivity index is 2.31. The summed E-state index contributed by atoms with van der Waals surface area (Å²) in [5.74, 6) is 1.12. The van der Waals surface area contributed by atoms with Crippen molar-refractivity contribution >= 4 is 11.8 Å². The molecule has 2 aromatic rings. The highest BCUT2D eigenvalue weighted by atomic mass is 32.2. The zero-order valence-electron chi connectivity index (χ0n) is 13.4. The normalized spacial score (nSPS) is 12.4. The molecule has 0 amide bonds. The molecule has 0 heterocycles. The van der Waals surface area contributed by atoms with E-state index in [0.717, 1.165) is 12.3 Å². The van der Waals surface area contributed by atoms with Crippen LogP contribution < -0.4 is 5.32 Å². The van der Waals surface area contributed by atoms with E-state index in [2.05, 4.69) is 75.5 Å². The molecule has 0 saturated carbocycles. The van der Waals surface area contributed by atoms with Crippen LogP contribution in [-0.4, -0.2) is 12.3 Å². The second-order valence-electron chi connectivity index (χ2n) is 5.34. The third-order valence-corrected chi connectivity index (χ3v) is 4.69. The predicted octanol–water partition coefficient (Wildman–Crippen LogP) is 5.11. The van der Waals surface area contributed by atoms with Gasteiger partial charge in [0.25, 0.3) is 0 Å². The van der Waals surface area contributed by atoms with E-state index in [4.69, 9.17) is 0 Å². The van der Waals surface area contributed by atoms with E-state index in [1.165, 1.54) is 27.1 Å². The second kappa shape index (κ2) is 7.67. The molecule has 112 valence electrons. The van der Waals surface area contributed by atoms with Crippen molar-refractivity contribution in [2.75, 3.05) is 12.3 Å². The molecule has 1 atom stereocenters. The summed E-state index contributed by atoms with van der Waals surface area (Å²) in [6.07, 6.45) is 0. The molecular formula is C19H25NS. The van der Waals surface area contributed by atoms with Gasteiger partial charge in [-0.3, -0.25) is 0 Å². The molecule has 21 heavy (non-hydrogen) atoms. The Labute approximate surface area is 133 Å². The van der Waals surface area contributed by atoms with Crippen molar-refractivity contribution in [1.29, 1.82) is 0 Å². The third-order valence-electron chi connectivity index (χ3n) is 3.80. The lowest BCUT2D eigenvalue weighted by Gasteiger charge is -2.20. The molecule has 0 aliphatic heterocycles. The van der Waals surface area contributed by atoms with Crippen molar-refractivity contribution in [2.24, 2.45) is 0 Å². The van der Waals surface area contributed by atoms with Crippen LogP contribution in [0.1, 0.15) is 42.1 Å². The standard InChI is InChI=1S/C19H25NS/c1-5-20-19(17-8-7-14(3)15(4)13-17)16-9-11-18(12-10-16)21-6-2/h7-13,19-20H,5-6H2,1-4H3. The molecule has 0 fully saturated rings. The van der Waals surface area contributed by atoms with Gasteiger partial charge in [0.05, 0.1) is 6.04 Å². The van der Waals surface area contributed by atoms with Gasteiger partial charge >= 0.3 is 0 Å². The van der Waals surface area contributed by atoms with Crippen LogP contribution in [0.5, 0.6) is 0 Å². The lowest BCUT2D eigenvalue weighted by Crippen LogP contribution is -2.22. The van der Waals surface area contributed by atoms with Crippen LogP contribution in [0.4, 0.5) is 0 Å². The van der Waals surface area contributed by atoms with Gasteiger partial charge in [0.2, 0.25) is 0 Å². The molecule has 1 nitrogen and oxygen atoms in total. The minimum atomic E-state index is 0.273. The highest BCUT2D eigenvalue weighted by Crippen LogP contribution is 2.26. The maximum atomic E-state index is 3.61. The lowest BCUT2D eigenvalue weighted by molar-refractivity contribution is 0.630. The number of thioether (sulfide) groups is 1. The lowest BCUT2D eigenvalue weighted by atomic mass is 9.95. The van der Waals surface area contributed by atoms with Gasteiger partial charge in [-0.25, -0.2) is 0 Å². The molecule has 0 saturated heterocycles. The Morgan fingerprint density at radius 3 is 2.14 bits per heavy atom. The summed E-state index contributed by atoms with van der Waals surface area (Å²) >= 11 is 1.89. The van der Waals surface area contributed by atoms with Crippen LogP contribution in [0.25, 0.3) is 0 Å². The van der Waals surface area contributed by atoms with Crippen molar-refractivity contribution in [2.45, 2.75) is 38.6 Å². The van der Waals surface area contributed by atoms with Gasteiger partial charge in [0.1, 0.15) is 0 Å². The summed E-state index contributed by atoms with van der Waals surface area (Å²) < 4.78 is 0. The SMILES string of the molecule is CCNC(c1ccc(SCC)cc1)c1ccc(C)c(C)c1. The zero-order chi connectivity index (χ0) is 15.2. The van der Waals surface area contributed by atoms with Gasteiger partial charge in [-0.1, -0.05) is 44.2 Å². The fraction of sp³-hybridized carbons (Fsp3) is 0.368. The number of rotatable bonds is 6. The van der Waals surface area contributed by atoms with Crippen LogP contribution in [0.2, 0.25) is 0 Å². The average molecular weight is 299 g/mol. The molecule has 0 aromatic heterocycles. The minimum absolute atomic E-state index is 0.273. The molecule has 0 spiro atoms. The van der Waals surface area contributed by atoms with Crippen LogP contribution in [0.15, 0.2) is 47.4 Å². The fourth-order valence-electron chi connectivity index (χ4n) is 2.50. The van der Waals surface area contributed by atoms with Crippen molar-refractivity contribution in [3.05, 3.63) is 64.7 Å². The van der Waals surface area contributed by atoms with E-state index >= 15 is 0 Å². The van der Waals surface area contributed by atoms with Gasteiger partial charge in [-0.15, -0.1) is 11.8 Å². The monoisotopic (exact) mass is 299 g/mol. The summed E-state index contributed by atoms with van der Waals surface area (Å²) in [5, 5.41) is 3.61. The molecule has 2 heteroatoms. The maximum Gasteiger partial charge on any atom is 0.0576 e. The number of hydrogen-bond donors (Lipinski definition) is 1. The molecular weight excluding hydrogens is 274 g/mol. The summed E-state index contributed by atoms with van der Waals surface area (Å²) in [6.45, 7) is 9.66. The summed E-state index contributed by atoms with van der Waals surface area (Å²) in [7, 11) is 0. The highest BCUT2D eigenvalue weighted by molar-refractivity contribution is 7.99. The number of benzene rings is 2. The molecule has 0 aliphatic carbocycles. The average Bonchev–Trinajstić information content (AvgIpc) is 2.49. The Bertz CT molecular complexity index is 575. The van der Waals surface area contributed by atoms with Gasteiger partial charge in [-0.05, 0) is 60.5 Å². The third kappa shape index (κ3) is 4.12. The van der Waals surface area contributed by atoms with Crippen LogP contribution >= 0.6 is 11.8 Å². The van der Waals surface area contributed by atoms with Crippen LogP contribution in [0.3, 0.4) is 0 Å². The van der Waals surface area contributed by atoms with Crippen molar-refractivity contribution < 1.29 is 0 Å². The maximum absolute atomic E-state index is 3.61. The van der Waals surface area contributed by atoms with E-state index < -0.39 is 0 Å². The van der Waals surface area contributed by atoms with Gasteiger partial charge in [0.15, 0.2) is 0 Å².